The van der Waals surface area contributed by atoms with Gasteiger partial charge in [-0.25, -0.2) is 9.78 Å². The Hall–Kier alpha value is -1.98. The molecule has 1 aliphatic rings. The molecule has 23 heavy (non-hydrogen) atoms. The fourth-order valence-electron chi connectivity index (χ4n) is 2.17. The third kappa shape index (κ3) is 4.27. The van der Waals surface area contributed by atoms with E-state index in [0.29, 0.717) is 35.6 Å². The zero-order valence-corrected chi connectivity index (χ0v) is 13.7. The normalized spacial score (nSPS) is 14.3. The van der Waals surface area contributed by atoms with E-state index in [9.17, 15) is 4.79 Å². The third-order valence-corrected chi connectivity index (χ3v) is 3.96. The molecule has 3 rings (SSSR count). The lowest BCUT2D eigenvalue weighted by Gasteiger charge is -2.38. The van der Waals surface area contributed by atoms with Crippen molar-refractivity contribution >= 4 is 29.2 Å². The summed E-state index contributed by atoms with van der Waals surface area (Å²) in [7, 11) is 0. The van der Waals surface area contributed by atoms with Crippen molar-refractivity contribution in [3.8, 4) is 5.88 Å². The Morgan fingerprint density at radius 2 is 1.87 bits per heavy atom. The molecule has 0 saturated carbocycles. The van der Waals surface area contributed by atoms with E-state index in [4.69, 9.17) is 27.9 Å². The smallest absolute Gasteiger partial charge is 0.317 e. The van der Waals surface area contributed by atoms with Crippen LogP contribution in [-0.4, -0.2) is 35.1 Å². The molecule has 0 unspecified atom stereocenters. The van der Waals surface area contributed by atoms with E-state index in [1.54, 1.807) is 29.2 Å². The van der Waals surface area contributed by atoms with Crippen molar-refractivity contribution < 1.29 is 9.53 Å². The van der Waals surface area contributed by atoms with E-state index in [-0.39, 0.29) is 12.1 Å². The molecule has 1 fully saturated rings. The number of urea groups is 1. The maximum Gasteiger partial charge on any atom is 0.317 e. The number of halogens is 2. The number of carbonyl (C=O) groups is 1. The molecule has 0 atom stereocenters. The summed E-state index contributed by atoms with van der Waals surface area (Å²) in [4.78, 5) is 17.8. The number of pyridine rings is 1. The fourth-order valence-corrected chi connectivity index (χ4v) is 2.41. The molecule has 2 heterocycles. The van der Waals surface area contributed by atoms with Crippen LogP contribution in [0.1, 0.15) is 5.56 Å². The number of benzene rings is 1. The van der Waals surface area contributed by atoms with Gasteiger partial charge >= 0.3 is 6.03 Å². The van der Waals surface area contributed by atoms with Gasteiger partial charge < -0.3 is 15.0 Å². The van der Waals surface area contributed by atoms with Crippen molar-refractivity contribution in [3.63, 3.8) is 0 Å². The van der Waals surface area contributed by atoms with Gasteiger partial charge in [0.15, 0.2) is 0 Å². The minimum atomic E-state index is -0.108. The number of carbonyl (C=O) groups excluding carboxylic acids is 1. The van der Waals surface area contributed by atoms with Crippen molar-refractivity contribution in [2.24, 2.45) is 0 Å². The number of hydrogen-bond donors (Lipinski definition) is 1. The van der Waals surface area contributed by atoms with Gasteiger partial charge in [-0.15, -0.1) is 0 Å². The molecule has 1 aliphatic heterocycles. The molecular weight excluding hydrogens is 337 g/mol. The molecule has 1 saturated heterocycles. The molecule has 1 N–H and O–H groups in total. The summed E-state index contributed by atoms with van der Waals surface area (Å²) in [5.74, 6) is 0.514. The summed E-state index contributed by atoms with van der Waals surface area (Å²) >= 11 is 11.6. The van der Waals surface area contributed by atoms with Crippen LogP contribution in [0.5, 0.6) is 5.88 Å². The van der Waals surface area contributed by atoms with Crippen LogP contribution in [0.25, 0.3) is 0 Å². The maximum atomic E-state index is 12.0. The number of rotatable bonds is 4. The van der Waals surface area contributed by atoms with Crippen LogP contribution in [0.2, 0.25) is 10.0 Å². The van der Waals surface area contributed by atoms with Gasteiger partial charge in [-0.05, 0) is 23.8 Å². The number of amides is 2. The highest BCUT2D eigenvalue weighted by Gasteiger charge is 2.32. The van der Waals surface area contributed by atoms with Gasteiger partial charge in [0.2, 0.25) is 5.88 Å². The molecule has 7 heteroatoms. The second-order valence-electron chi connectivity index (χ2n) is 5.24. The van der Waals surface area contributed by atoms with Gasteiger partial charge in [0.05, 0.1) is 18.1 Å². The highest BCUT2D eigenvalue weighted by Crippen LogP contribution is 2.18. The number of nitrogens with one attached hydrogen (secondary N) is 1. The first kappa shape index (κ1) is 15.9. The van der Waals surface area contributed by atoms with Crippen LogP contribution in [-0.2, 0) is 6.54 Å². The van der Waals surface area contributed by atoms with Crippen molar-refractivity contribution in [1.29, 1.82) is 0 Å². The Bertz CT molecular complexity index is 671. The maximum absolute atomic E-state index is 12.0. The highest BCUT2D eigenvalue weighted by atomic mass is 35.5. The van der Waals surface area contributed by atoms with Crippen molar-refractivity contribution in [2.75, 3.05) is 13.1 Å². The number of hydrogen-bond acceptors (Lipinski definition) is 3. The van der Waals surface area contributed by atoms with Gasteiger partial charge in [-0.3, -0.25) is 0 Å². The van der Waals surface area contributed by atoms with Gasteiger partial charge in [-0.1, -0.05) is 35.3 Å². The van der Waals surface area contributed by atoms with Crippen molar-refractivity contribution in [2.45, 2.75) is 12.6 Å². The zero-order chi connectivity index (χ0) is 16.2. The van der Waals surface area contributed by atoms with E-state index in [1.165, 1.54) is 6.20 Å². The van der Waals surface area contributed by atoms with E-state index < -0.39 is 0 Å². The molecule has 1 aromatic heterocycles. The van der Waals surface area contributed by atoms with Crippen molar-refractivity contribution in [1.82, 2.24) is 15.2 Å². The van der Waals surface area contributed by atoms with Gasteiger partial charge in [0.25, 0.3) is 0 Å². The molecule has 0 bridgehead atoms. The number of ether oxygens (including phenoxy) is 1. The summed E-state index contributed by atoms with van der Waals surface area (Å²) in [6.45, 7) is 1.55. The predicted molar refractivity (Wildman–Crippen MR) is 88.9 cm³/mol. The minimum Gasteiger partial charge on any atom is -0.471 e. The molecule has 2 amide bonds. The highest BCUT2D eigenvalue weighted by molar-refractivity contribution is 6.30. The molecule has 120 valence electrons. The lowest BCUT2D eigenvalue weighted by molar-refractivity contribution is 0.0413. The molecule has 1 aromatic carbocycles. The molecule has 2 aromatic rings. The molecule has 0 spiro atoms. The number of likely N-dealkylation sites (tertiary alicyclic amines) is 1. The Kier molecular flexibility index (Phi) is 4.88. The van der Waals surface area contributed by atoms with Crippen LogP contribution in [0.3, 0.4) is 0 Å². The third-order valence-electron chi connectivity index (χ3n) is 3.48. The first-order chi connectivity index (χ1) is 11.1. The largest absolute Gasteiger partial charge is 0.471 e. The number of nitrogens with zero attached hydrogens (tertiary/aromatic N) is 2. The second kappa shape index (κ2) is 7.06. The van der Waals surface area contributed by atoms with Crippen LogP contribution in [0, 0.1) is 0 Å². The topological polar surface area (TPSA) is 54.5 Å². The lowest BCUT2D eigenvalue weighted by Crippen LogP contribution is -2.58. The average molecular weight is 352 g/mol. The summed E-state index contributed by atoms with van der Waals surface area (Å²) in [6, 6.07) is 10.7. The standard InChI is InChI=1S/C16H15Cl2N3O2/c17-12-3-1-11(2-4-12)7-20-16(22)21-9-14(10-21)23-15-6-5-13(18)8-19-15/h1-6,8,14H,7,9-10H2,(H,20,22). The summed E-state index contributed by atoms with van der Waals surface area (Å²) in [5.41, 5.74) is 1.00. The van der Waals surface area contributed by atoms with E-state index >= 15 is 0 Å². The molecular formula is C16H15Cl2N3O2. The first-order valence-electron chi connectivity index (χ1n) is 7.15. The Morgan fingerprint density at radius 3 is 2.52 bits per heavy atom. The number of aromatic nitrogens is 1. The van der Waals surface area contributed by atoms with Gasteiger partial charge in [0.1, 0.15) is 6.10 Å². The predicted octanol–water partition coefficient (Wildman–Crippen LogP) is 3.36. The molecule has 0 radical (unpaired) electrons. The van der Waals surface area contributed by atoms with E-state index in [1.807, 2.05) is 12.1 Å². The minimum absolute atomic E-state index is 0.0371. The zero-order valence-electron chi connectivity index (χ0n) is 12.2. The van der Waals surface area contributed by atoms with Crippen molar-refractivity contribution in [3.05, 3.63) is 58.2 Å². The second-order valence-corrected chi connectivity index (χ2v) is 6.12. The average Bonchev–Trinajstić information content (AvgIpc) is 2.51. The Morgan fingerprint density at radius 1 is 1.17 bits per heavy atom. The van der Waals surface area contributed by atoms with Gasteiger partial charge in [-0.2, -0.15) is 0 Å². The SMILES string of the molecule is O=C(NCc1ccc(Cl)cc1)N1CC(Oc2ccc(Cl)cn2)C1. The van der Waals surface area contributed by atoms with E-state index in [0.717, 1.165) is 5.56 Å². The van der Waals surface area contributed by atoms with Gasteiger partial charge in [0, 0.05) is 23.8 Å². The Balaban J connectivity index is 1.41. The molecule has 0 aliphatic carbocycles. The van der Waals surface area contributed by atoms with Crippen LogP contribution in [0.4, 0.5) is 4.79 Å². The molecule has 5 nitrogen and oxygen atoms in total. The summed E-state index contributed by atoms with van der Waals surface area (Å²) < 4.78 is 5.66. The lowest BCUT2D eigenvalue weighted by atomic mass is 10.2. The quantitative estimate of drug-likeness (QED) is 0.918. The summed E-state index contributed by atoms with van der Waals surface area (Å²) in [6.07, 6.45) is 1.50. The fraction of sp³-hybridized carbons (Fsp3) is 0.250. The summed E-state index contributed by atoms with van der Waals surface area (Å²) in [5, 5.41) is 4.11. The monoisotopic (exact) mass is 351 g/mol. The Labute approximate surface area is 144 Å². The van der Waals surface area contributed by atoms with Crippen LogP contribution >= 0.6 is 23.2 Å². The van der Waals surface area contributed by atoms with E-state index in [2.05, 4.69) is 10.3 Å². The van der Waals surface area contributed by atoms with Crippen LogP contribution in [0.15, 0.2) is 42.6 Å². The van der Waals surface area contributed by atoms with Crippen LogP contribution < -0.4 is 10.1 Å². The first-order valence-corrected chi connectivity index (χ1v) is 7.91.